The van der Waals surface area contributed by atoms with Gasteiger partial charge in [-0.2, -0.15) is 0 Å². The van der Waals surface area contributed by atoms with E-state index >= 15 is 0 Å². The van der Waals surface area contributed by atoms with E-state index in [1.54, 1.807) is 13.8 Å². The van der Waals surface area contributed by atoms with Crippen molar-refractivity contribution in [1.29, 1.82) is 0 Å². The summed E-state index contributed by atoms with van der Waals surface area (Å²) in [7, 11) is 0. The van der Waals surface area contributed by atoms with Crippen LogP contribution in [0.2, 0.25) is 0 Å². The molecule has 2 atom stereocenters. The van der Waals surface area contributed by atoms with E-state index in [0.29, 0.717) is 0 Å². The van der Waals surface area contributed by atoms with Crippen LogP contribution in [0.4, 0.5) is 0 Å². The van der Waals surface area contributed by atoms with Crippen LogP contribution in [0.25, 0.3) is 0 Å². The summed E-state index contributed by atoms with van der Waals surface area (Å²) in [5.41, 5.74) is 5.78. The average molecular weight is 227 g/mol. The molecule has 1 aromatic rings. The molecular weight excluding hydrogens is 210 g/mol. The molecule has 0 unspecified atom stereocenters. The number of benzene rings is 1. The zero-order valence-corrected chi connectivity index (χ0v) is 9.25. The molecule has 0 amide bonds. The van der Waals surface area contributed by atoms with Crippen LogP contribution in [0.5, 0.6) is 17.2 Å². The maximum absolute atomic E-state index is 9.76. The summed E-state index contributed by atoms with van der Waals surface area (Å²) in [6.07, 6.45) is -0.888. The maximum atomic E-state index is 9.76. The van der Waals surface area contributed by atoms with Crippen LogP contribution in [0.15, 0.2) is 12.1 Å². The van der Waals surface area contributed by atoms with Crippen molar-refractivity contribution >= 4 is 0 Å². The minimum atomic E-state index is -0.902. The van der Waals surface area contributed by atoms with Gasteiger partial charge in [-0.05, 0) is 5.92 Å². The Labute approximate surface area is 93.8 Å². The van der Waals surface area contributed by atoms with Crippen molar-refractivity contribution in [2.75, 3.05) is 0 Å². The SMILES string of the molecule is CC(C)[C@@H](O)[C@@H](N)c1c(O)cc(O)cc1O. The van der Waals surface area contributed by atoms with Crippen LogP contribution in [0.1, 0.15) is 25.5 Å². The molecule has 0 fully saturated rings. The quantitative estimate of drug-likeness (QED) is 0.525. The molecule has 0 spiro atoms. The highest BCUT2D eigenvalue weighted by molar-refractivity contribution is 5.50. The molecule has 0 saturated carbocycles. The molecule has 0 heterocycles. The molecule has 0 radical (unpaired) electrons. The standard InChI is InChI=1S/C11H17NO4/c1-5(2)11(16)10(12)9-7(14)3-6(13)4-8(9)15/h3-5,10-11,13-16H,12H2,1-2H3/t10-,11+/m0/s1. The van der Waals surface area contributed by atoms with Crippen LogP contribution in [0.3, 0.4) is 0 Å². The van der Waals surface area contributed by atoms with E-state index in [1.165, 1.54) is 0 Å². The Bertz CT molecular complexity index is 355. The second-order valence-electron chi connectivity index (χ2n) is 4.16. The fraction of sp³-hybridized carbons (Fsp3) is 0.455. The molecule has 90 valence electrons. The number of hydrogen-bond donors (Lipinski definition) is 5. The summed E-state index contributed by atoms with van der Waals surface area (Å²) in [5, 5.41) is 38.0. The molecular formula is C11H17NO4. The van der Waals surface area contributed by atoms with E-state index in [9.17, 15) is 15.3 Å². The number of aliphatic hydroxyl groups excluding tert-OH is 1. The Kier molecular flexibility index (Phi) is 3.62. The van der Waals surface area contributed by atoms with Crippen molar-refractivity contribution in [3.8, 4) is 17.2 Å². The van der Waals surface area contributed by atoms with E-state index in [0.717, 1.165) is 12.1 Å². The second kappa shape index (κ2) is 4.59. The highest BCUT2D eigenvalue weighted by atomic mass is 16.3. The number of aliphatic hydroxyl groups is 1. The monoisotopic (exact) mass is 227 g/mol. The topological polar surface area (TPSA) is 107 Å². The lowest BCUT2D eigenvalue weighted by Crippen LogP contribution is -2.30. The van der Waals surface area contributed by atoms with E-state index in [-0.39, 0.29) is 28.7 Å². The molecule has 0 aliphatic rings. The maximum Gasteiger partial charge on any atom is 0.127 e. The lowest BCUT2D eigenvalue weighted by molar-refractivity contribution is 0.0959. The third-order valence-corrected chi connectivity index (χ3v) is 2.51. The highest BCUT2D eigenvalue weighted by Crippen LogP contribution is 2.37. The molecule has 1 rings (SSSR count). The smallest absolute Gasteiger partial charge is 0.127 e. The summed E-state index contributed by atoms with van der Waals surface area (Å²) in [4.78, 5) is 0. The van der Waals surface area contributed by atoms with Crippen LogP contribution in [0, 0.1) is 5.92 Å². The lowest BCUT2D eigenvalue weighted by Gasteiger charge is -2.23. The van der Waals surface area contributed by atoms with E-state index < -0.39 is 12.1 Å². The third-order valence-electron chi connectivity index (χ3n) is 2.51. The van der Waals surface area contributed by atoms with Crippen molar-refractivity contribution < 1.29 is 20.4 Å². The molecule has 5 nitrogen and oxygen atoms in total. The van der Waals surface area contributed by atoms with E-state index in [1.807, 2.05) is 0 Å². The van der Waals surface area contributed by atoms with Gasteiger partial charge in [0.05, 0.1) is 17.7 Å². The zero-order valence-electron chi connectivity index (χ0n) is 9.25. The average Bonchev–Trinajstić information content (AvgIpc) is 2.14. The van der Waals surface area contributed by atoms with Crippen molar-refractivity contribution in [3.05, 3.63) is 17.7 Å². The van der Waals surface area contributed by atoms with Gasteiger partial charge in [-0.1, -0.05) is 13.8 Å². The zero-order chi connectivity index (χ0) is 12.5. The Hall–Kier alpha value is -1.46. The summed E-state index contributed by atoms with van der Waals surface area (Å²) in [5.74, 6) is -1.03. The van der Waals surface area contributed by atoms with Gasteiger partial charge in [0.1, 0.15) is 17.2 Å². The number of hydrogen-bond acceptors (Lipinski definition) is 5. The fourth-order valence-corrected chi connectivity index (χ4v) is 1.54. The van der Waals surface area contributed by atoms with Crippen LogP contribution < -0.4 is 5.73 Å². The van der Waals surface area contributed by atoms with Gasteiger partial charge in [0, 0.05) is 12.1 Å². The normalized spacial score (nSPS) is 15.1. The van der Waals surface area contributed by atoms with Gasteiger partial charge in [0.25, 0.3) is 0 Å². The fourth-order valence-electron chi connectivity index (χ4n) is 1.54. The Morgan fingerprint density at radius 3 is 1.88 bits per heavy atom. The molecule has 5 heteroatoms. The van der Waals surface area contributed by atoms with Crippen LogP contribution >= 0.6 is 0 Å². The first kappa shape index (κ1) is 12.6. The number of nitrogens with two attached hydrogens (primary N) is 1. The predicted octanol–water partition coefficient (Wildman–Crippen LogP) is 0.820. The molecule has 0 saturated heterocycles. The second-order valence-corrected chi connectivity index (χ2v) is 4.16. The molecule has 16 heavy (non-hydrogen) atoms. The van der Waals surface area contributed by atoms with Gasteiger partial charge in [-0.25, -0.2) is 0 Å². The largest absolute Gasteiger partial charge is 0.508 e. The Balaban J connectivity index is 3.13. The van der Waals surface area contributed by atoms with Gasteiger partial charge in [-0.15, -0.1) is 0 Å². The summed E-state index contributed by atoms with van der Waals surface area (Å²) < 4.78 is 0. The number of rotatable bonds is 3. The predicted molar refractivity (Wildman–Crippen MR) is 59.2 cm³/mol. The molecule has 1 aromatic carbocycles. The van der Waals surface area contributed by atoms with Gasteiger partial charge >= 0.3 is 0 Å². The molecule has 0 aromatic heterocycles. The van der Waals surface area contributed by atoms with Crippen molar-refractivity contribution in [3.63, 3.8) is 0 Å². The minimum Gasteiger partial charge on any atom is -0.508 e. The summed E-state index contributed by atoms with van der Waals surface area (Å²) in [6.45, 7) is 3.55. The number of phenols is 3. The van der Waals surface area contributed by atoms with Gasteiger partial charge in [-0.3, -0.25) is 0 Å². The van der Waals surface area contributed by atoms with Crippen molar-refractivity contribution in [2.24, 2.45) is 11.7 Å². The van der Waals surface area contributed by atoms with Gasteiger partial charge in [0.15, 0.2) is 0 Å². The first-order valence-electron chi connectivity index (χ1n) is 5.03. The molecule has 6 N–H and O–H groups in total. The molecule has 0 aliphatic heterocycles. The first-order valence-corrected chi connectivity index (χ1v) is 5.03. The van der Waals surface area contributed by atoms with Gasteiger partial charge in [0.2, 0.25) is 0 Å². The molecule has 0 aliphatic carbocycles. The van der Waals surface area contributed by atoms with Crippen molar-refractivity contribution in [1.82, 2.24) is 0 Å². The third kappa shape index (κ3) is 2.37. The number of aromatic hydroxyl groups is 3. The molecule has 0 bridgehead atoms. The van der Waals surface area contributed by atoms with Crippen LogP contribution in [-0.2, 0) is 0 Å². The summed E-state index contributed by atoms with van der Waals surface area (Å²) >= 11 is 0. The number of phenolic OH excluding ortho intramolecular Hbond substituents is 3. The Morgan fingerprint density at radius 2 is 1.50 bits per heavy atom. The highest BCUT2D eigenvalue weighted by Gasteiger charge is 2.25. The van der Waals surface area contributed by atoms with E-state index in [2.05, 4.69) is 0 Å². The van der Waals surface area contributed by atoms with Gasteiger partial charge < -0.3 is 26.2 Å². The van der Waals surface area contributed by atoms with Crippen molar-refractivity contribution in [2.45, 2.75) is 26.0 Å². The Morgan fingerprint density at radius 1 is 1.06 bits per heavy atom. The minimum absolute atomic E-state index is 0.0407. The lowest BCUT2D eigenvalue weighted by atomic mass is 9.93. The van der Waals surface area contributed by atoms with E-state index in [4.69, 9.17) is 10.8 Å². The van der Waals surface area contributed by atoms with Crippen LogP contribution in [-0.4, -0.2) is 26.5 Å². The summed E-state index contributed by atoms with van der Waals surface area (Å²) in [6, 6.07) is 1.24. The first-order chi connectivity index (χ1) is 7.34.